The lowest BCUT2D eigenvalue weighted by Gasteiger charge is -2.18. The predicted molar refractivity (Wildman–Crippen MR) is 98.1 cm³/mol. The van der Waals surface area contributed by atoms with Crippen LogP contribution in [0.4, 0.5) is 10.1 Å². The fourth-order valence-corrected chi connectivity index (χ4v) is 4.64. The number of nitrogens with zero attached hydrogens (tertiary/aromatic N) is 1. The van der Waals surface area contributed by atoms with Gasteiger partial charge in [0.25, 0.3) is 0 Å². The Hall–Kier alpha value is -2.25. The van der Waals surface area contributed by atoms with Crippen LogP contribution in [0.3, 0.4) is 0 Å². The summed E-state index contributed by atoms with van der Waals surface area (Å²) in [4.78, 5) is 14.3. The Kier molecular flexibility index (Phi) is 4.86. The second-order valence-corrected chi connectivity index (χ2v) is 8.34. The van der Waals surface area contributed by atoms with E-state index in [0.29, 0.717) is 29.8 Å². The van der Waals surface area contributed by atoms with E-state index in [4.69, 9.17) is 0 Å². The first-order valence-electron chi connectivity index (χ1n) is 8.36. The molecule has 1 amide bonds. The van der Waals surface area contributed by atoms with E-state index in [2.05, 4.69) is 4.72 Å². The van der Waals surface area contributed by atoms with Crippen LogP contribution < -0.4 is 9.62 Å². The fraction of sp³-hybridized carbons (Fsp3) is 0.316. The fourth-order valence-electron chi connectivity index (χ4n) is 3.09. The minimum Gasteiger partial charge on any atom is -0.311 e. The number of hydrogen-bond acceptors (Lipinski definition) is 3. The summed E-state index contributed by atoms with van der Waals surface area (Å²) in [6, 6.07) is 8.78. The van der Waals surface area contributed by atoms with E-state index in [0.717, 1.165) is 5.56 Å². The molecule has 0 bridgehead atoms. The van der Waals surface area contributed by atoms with Crippen LogP contribution in [0.1, 0.15) is 23.1 Å². The Morgan fingerprint density at radius 3 is 2.50 bits per heavy atom. The summed E-state index contributed by atoms with van der Waals surface area (Å²) in [5.41, 5.74) is 2.47. The molecule has 1 heterocycles. The van der Waals surface area contributed by atoms with Gasteiger partial charge < -0.3 is 4.90 Å². The first-order valence-corrected chi connectivity index (χ1v) is 9.84. The van der Waals surface area contributed by atoms with Crippen LogP contribution in [0, 0.1) is 26.6 Å². The van der Waals surface area contributed by atoms with Gasteiger partial charge in [-0.2, -0.15) is 4.72 Å². The van der Waals surface area contributed by atoms with Crippen LogP contribution in [0.5, 0.6) is 0 Å². The minimum absolute atomic E-state index is 0.182. The van der Waals surface area contributed by atoms with Crippen LogP contribution in [-0.2, 0) is 14.8 Å². The smallest absolute Gasteiger partial charge is 0.245 e. The lowest BCUT2D eigenvalue weighted by Crippen LogP contribution is -2.41. The molecular weight excluding hydrogens is 355 g/mol. The molecule has 2 aromatic carbocycles. The molecule has 1 fully saturated rings. The Balaban J connectivity index is 1.82. The van der Waals surface area contributed by atoms with Crippen molar-refractivity contribution in [3.05, 3.63) is 58.9 Å². The molecule has 0 radical (unpaired) electrons. The average Bonchev–Trinajstić information content (AvgIpc) is 2.92. The number of sulfonamides is 1. The first kappa shape index (κ1) is 18.5. The summed E-state index contributed by atoms with van der Waals surface area (Å²) in [6.45, 7) is 5.54. The van der Waals surface area contributed by atoms with Crippen molar-refractivity contribution in [3.8, 4) is 0 Å². The molecular formula is C19H21FN2O3S. The highest BCUT2D eigenvalue weighted by atomic mass is 32.2. The van der Waals surface area contributed by atoms with Gasteiger partial charge in [0.1, 0.15) is 11.9 Å². The van der Waals surface area contributed by atoms with Gasteiger partial charge in [0, 0.05) is 12.2 Å². The molecule has 0 unspecified atom stereocenters. The summed E-state index contributed by atoms with van der Waals surface area (Å²) in [5.74, 6) is -0.669. The number of anilines is 1. The molecule has 0 aromatic heterocycles. The van der Waals surface area contributed by atoms with Gasteiger partial charge in [0.05, 0.1) is 4.90 Å². The van der Waals surface area contributed by atoms with Crippen molar-refractivity contribution < 1.29 is 17.6 Å². The maximum Gasteiger partial charge on any atom is 0.245 e. The van der Waals surface area contributed by atoms with Crippen LogP contribution in [-0.4, -0.2) is 26.9 Å². The largest absolute Gasteiger partial charge is 0.311 e. The maximum atomic E-state index is 13.4. The summed E-state index contributed by atoms with van der Waals surface area (Å²) >= 11 is 0. The molecule has 0 aliphatic carbocycles. The number of carbonyl (C=O) groups excluding carboxylic acids is 1. The predicted octanol–water partition coefficient (Wildman–Crippen LogP) is 2.83. The highest BCUT2D eigenvalue weighted by Gasteiger charge is 2.36. The second kappa shape index (κ2) is 6.81. The van der Waals surface area contributed by atoms with Gasteiger partial charge in [-0.1, -0.05) is 12.1 Å². The molecule has 3 rings (SSSR count). The third-order valence-corrected chi connectivity index (χ3v) is 6.20. The molecule has 1 N–H and O–H groups in total. The van der Waals surface area contributed by atoms with Crippen LogP contribution in [0.2, 0.25) is 0 Å². The molecule has 0 spiro atoms. The number of halogens is 1. The Bertz CT molecular complexity index is 973. The zero-order chi connectivity index (χ0) is 19.1. The monoisotopic (exact) mass is 376 g/mol. The summed E-state index contributed by atoms with van der Waals surface area (Å²) < 4.78 is 41.4. The lowest BCUT2D eigenvalue weighted by molar-refractivity contribution is -0.118. The van der Waals surface area contributed by atoms with Gasteiger partial charge in [-0.25, -0.2) is 12.8 Å². The van der Waals surface area contributed by atoms with Crippen molar-refractivity contribution in [2.75, 3.05) is 11.4 Å². The maximum absolute atomic E-state index is 13.4. The molecule has 1 aliphatic rings. The topological polar surface area (TPSA) is 66.5 Å². The number of hydrogen-bond donors (Lipinski definition) is 1. The average molecular weight is 376 g/mol. The molecule has 7 heteroatoms. The quantitative estimate of drug-likeness (QED) is 0.892. The number of aryl methyl sites for hydroxylation is 3. The zero-order valence-electron chi connectivity index (χ0n) is 14.9. The first-order chi connectivity index (χ1) is 12.2. The van der Waals surface area contributed by atoms with E-state index in [1.54, 1.807) is 32.0 Å². The molecule has 2 aromatic rings. The normalized spacial score (nSPS) is 17.8. The van der Waals surface area contributed by atoms with Crippen LogP contribution >= 0.6 is 0 Å². The molecule has 138 valence electrons. The molecule has 1 aliphatic heterocycles. The molecule has 26 heavy (non-hydrogen) atoms. The number of benzene rings is 2. The third kappa shape index (κ3) is 3.50. The number of nitrogens with one attached hydrogen (secondary N) is 1. The summed E-state index contributed by atoms with van der Waals surface area (Å²) in [6.07, 6.45) is 0.360. The Morgan fingerprint density at radius 2 is 1.81 bits per heavy atom. The molecule has 1 saturated heterocycles. The van der Waals surface area contributed by atoms with Crippen molar-refractivity contribution in [1.82, 2.24) is 4.72 Å². The Morgan fingerprint density at radius 1 is 1.08 bits per heavy atom. The highest BCUT2D eigenvalue weighted by Crippen LogP contribution is 2.25. The van der Waals surface area contributed by atoms with E-state index >= 15 is 0 Å². The van der Waals surface area contributed by atoms with E-state index in [9.17, 15) is 17.6 Å². The van der Waals surface area contributed by atoms with Crippen molar-refractivity contribution in [2.45, 2.75) is 38.1 Å². The van der Waals surface area contributed by atoms with E-state index in [1.807, 2.05) is 13.0 Å². The third-order valence-electron chi connectivity index (χ3n) is 4.59. The van der Waals surface area contributed by atoms with Crippen LogP contribution in [0.25, 0.3) is 0 Å². The van der Waals surface area contributed by atoms with Crippen molar-refractivity contribution in [3.63, 3.8) is 0 Å². The standard InChI is InChI=1S/C19H21FN2O3S/c1-12-4-5-13(2)18(10-12)26(24,25)21-17-8-9-22(19(17)23)15-6-7-16(20)14(3)11-15/h4-7,10-11,17,21H,8-9H2,1-3H3/t17-/m0/s1. The van der Waals surface area contributed by atoms with E-state index in [1.165, 1.54) is 17.0 Å². The van der Waals surface area contributed by atoms with Crippen LogP contribution in [0.15, 0.2) is 41.3 Å². The van der Waals surface area contributed by atoms with Gasteiger partial charge in [0.15, 0.2) is 0 Å². The number of rotatable bonds is 4. The minimum atomic E-state index is -3.81. The van der Waals surface area contributed by atoms with E-state index in [-0.39, 0.29) is 16.6 Å². The molecule has 0 saturated carbocycles. The molecule has 1 atom stereocenters. The number of carbonyl (C=O) groups is 1. The van der Waals surface area contributed by atoms with Gasteiger partial charge in [-0.05, 0) is 68.1 Å². The second-order valence-electron chi connectivity index (χ2n) is 6.65. The summed E-state index contributed by atoms with van der Waals surface area (Å²) in [5, 5.41) is 0. The van der Waals surface area contributed by atoms with Gasteiger partial charge in [-0.3, -0.25) is 4.79 Å². The van der Waals surface area contributed by atoms with Crippen molar-refractivity contribution >= 4 is 21.6 Å². The van der Waals surface area contributed by atoms with Crippen molar-refractivity contribution in [1.29, 1.82) is 0 Å². The van der Waals surface area contributed by atoms with E-state index < -0.39 is 16.1 Å². The number of amides is 1. The Labute approximate surface area is 152 Å². The highest BCUT2D eigenvalue weighted by molar-refractivity contribution is 7.89. The van der Waals surface area contributed by atoms with Gasteiger partial charge in [-0.15, -0.1) is 0 Å². The van der Waals surface area contributed by atoms with Gasteiger partial charge in [0.2, 0.25) is 15.9 Å². The zero-order valence-corrected chi connectivity index (χ0v) is 15.7. The lowest BCUT2D eigenvalue weighted by atomic mass is 10.2. The van der Waals surface area contributed by atoms with Gasteiger partial charge >= 0.3 is 0 Å². The molecule has 5 nitrogen and oxygen atoms in total. The summed E-state index contributed by atoms with van der Waals surface area (Å²) in [7, 11) is -3.81. The SMILES string of the molecule is Cc1ccc(C)c(S(=O)(=O)N[C@H]2CCN(c3ccc(F)c(C)c3)C2=O)c1. The van der Waals surface area contributed by atoms with Crippen molar-refractivity contribution in [2.24, 2.45) is 0 Å².